The minimum Gasteiger partial charge on any atom is -0.311 e. The highest BCUT2D eigenvalue weighted by atomic mass is 32.2. The van der Waals surface area contributed by atoms with Gasteiger partial charge in [-0.05, 0) is 49.6 Å². The van der Waals surface area contributed by atoms with Crippen LogP contribution in [-0.2, 0) is 21.4 Å². The van der Waals surface area contributed by atoms with E-state index >= 15 is 0 Å². The van der Waals surface area contributed by atoms with E-state index in [0.717, 1.165) is 17.7 Å². The van der Waals surface area contributed by atoms with E-state index in [1.807, 2.05) is 31.2 Å². The molecule has 0 saturated carbocycles. The van der Waals surface area contributed by atoms with Gasteiger partial charge in [0.15, 0.2) is 0 Å². The van der Waals surface area contributed by atoms with E-state index in [2.05, 4.69) is 10.4 Å². The highest BCUT2D eigenvalue weighted by molar-refractivity contribution is 7.89. The van der Waals surface area contributed by atoms with Crippen LogP contribution in [0.25, 0.3) is 0 Å². The zero-order chi connectivity index (χ0) is 22.7. The molecule has 168 valence electrons. The van der Waals surface area contributed by atoms with Gasteiger partial charge in [-0.3, -0.25) is 4.79 Å². The Morgan fingerprint density at radius 1 is 1.12 bits per heavy atom. The summed E-state index contributed by atoms with van der Waals surface area (Å²) in [7, 11) is -3.79. The lowest BCUT2D eigenvalue weighted by molar-refractivity contribution is -0.120. The molecule has 0 aliphatic carbocycles. The van der Waals surface area contributed by atoms with Crippen LogP contribution in [0.5, 0.6) is 0 Å². The molecule has 2 aromatic carbocycles. The van der Waals surface area contributed by atoms with Gasteiger partial charge >= 0.3 is 0 Å². The largest absolute Gasteiger partial charge is 0.311 e. The monoisotopic (exact) mass is 456 g/mol. The maximum atomic E-state index is 13.2. The molecule has 1 amide bonds. The summed E-state index contributed by atoms with van der Waals surface area (Å²) in [5.74, 6) is -0.660. The lowest BCUT2D eigenvalue weighted by Crippen LogP contribution is -2.43. The summed E-state index contributed by atoms with van der Waals surface area (Å²) in [6.45, 7) is 2.94. The second kappa shape index (κ2) is 9.22. The van der Waals surface area contributed by atoms with Crippen LogP contribution in [0.4, 0.5) is 10.2 Å². The van der Waals surface area contributed by atoms with E-state index in [4.69, 9.17) is 0 Å². The predicted octanol–water partition coefficient (Wildman–Crippen LogP) is 3.42. The average Bonchev–Trinajstić information content (AvgIpc) is 3.22. The van der Waals surface area contributed by atoms with E-state index < -0.39 is 21.8 Å². The number of aryl methyl sites for hydroxylation is 1. The van der Waals surface area contributed by atoms with Crippen molar-refractivity contribution in [3.63, 3.8) is 0 Å². The first-order chi connectivity index (χ1) is 15.3. The predicted molar refractivity (Wildman–Crippen MR) is 119 cm³/mol. The van der Waals surface area contributed by atoms with Crippen LogP contribution in [0, 0.1) is 18.7 Å². The topological polar surface area (TPSA) is 84.3 Å². The molecule has 1 atom stereocenters. The van der Waals surface area contributed by atoms with E-state index in [-0.39, 0.29) is 17.3 Å². The Morgan fingerprint density at radius 2 is 1.84 bits per heavy atom. The summed E-state index contributed by atoms with van der Waals surface area (Å²) in [6.07, 6.45) is 2.78. The molecule has 1 unspecified atom stereocenters. The number of halogens is 1. The number of amides is 1. The van der Waals surface area contributed by atoms with Crippen molar-refractivity contribution in [1.29, 1.82) is 0 Å². The van der Waals surface area contributed by atoms with Crippen LogP contribution in [-0.4, -0.2) is 41.5 Å². The average molecular weight is 457 g/mol. The van der Waals surface area contributed by atoms with Gasteiger partial charge in [0.05, 0.1) is 23.6 Å². The third-order valence-electron chi connectivity index (χ3n) is 5.63. The second-order valence-corrected chi connectivity index (χ2v) is 9.94. The number of nitrogens with zero attached hydrogens (tertiary/aromatic N) is 3. The Morgan fingerprint density at radius 3 is 2.56 bits per heavy atom. The van der Waals surface area contributed by atoms with Crippen molar-refractivity contribution in [3.05, 3.63) is 77.7 Å². The van der Waals surface area contributed by atoms with E-state index in [1.165, 1.54) is 22.0 Å². The Labute approximate surface area is 186 Å². The molecular weight excluding hydrogens is 431 g/mol. The van der Waals surface area contributed by atoms with Gasteiger partial charge in [0.25, 0.3) is 0 Å². The fraction of sp³-hybridized carbons (Fsp3) is 0.304. The normalized spacial score (nSPS) is 17.2. The molecule has 0 bridgehead atoms. The molecule has 7 nitrogen and oxygen atoms in total. The van der Waals surface area contributed by atoms with Crippen molar-refractivity contribution in [2.75, 3.05) is 18.4 Å². The fourth-order valence-electron chi connectivity index (χ4n) is 3.79. The van der Waals surface area contributed by atoms with Gasteiger partial charge < -0.3 is 5.32 Å². The summed E-state index contributed by atoms with van der Waals surface area (Å²) in [6, 6.07) is 14.5. The van der Waals surface area contributed by atoms with Crippen LogP contribution < -0.4 is 5.32 Å². The number of hydrogen-bond acceptors (Lipinski definition) is 4. The van der Waals surface area contributed by atoms with Crippen LogP contribution >= 0.6 is 0 Å². The van der Waals surface area contributed by atoms with Crippen molar-refractivity contribution in [1.82, 2.24) is 14.1 Å². The van der Waals surface area contributed by atoms with Gasteiger partial charge in [0.2, 0.25) is 15.9 Å². The molecule has 1 saturated heterocycles. The van der Waals surface area contributed by atoms with Crippen molar-refractivity contribution < 1.29 is 17.6 Å². The van der Waals surface area contributed by atoms with E-state index in [0.29, 0.717) is 31.7 Å². The van der Waals surface area contributed by atoms with Crippen LogP contribution in [0.1, 0.15) is 24.0 Å². The summed E-state index contributed by atoms with van der Waals surface area (Å²) < 4.78 is 42.0. The smallest absolute Gasteiger partial charge is 0.243 e. The first-order valence-corrected chi connectivity index (χ1v) is 11.9. The zero-order valence-electron chi connectivity index (χ0n) is 17.7. The highest BCUT2D eigenvalue weighted by Crippen LogP contribution is 2.25. The Kier molecular flexibility index (Phi) is 6.38. The molecule has 9 heteroatoms. The SMILES string of the molecule is Cc1ccc(Cn2nccc2NC(=O)C2CCCN(S(=O)(=O)c3ccc(F)cc3)C2)cc1. The van der Waals surface area contributed by atoms with Crippen molar-refractivity contribution in [2.45, 2.75) is 31.2 Å². The maximum absolute atomic E-state index is 13.2. The van der Waals surface area contributed by atoms with Gasteiger partial charge in [-0.25, -0.2) is 17.5 Å². The van der Waals surface area contributed by atoms with E-state index in [1.54, 1.807) is 16.9 Å². The van der Waals surface area contributed by atoms with Crippen LogP contribution in [0.15, 0.2) is 65.7 Å². The molecular formula is C23H25FN4O3S. The molecule has 1 aliphatic rings. The molecule has 1 fully saturated rings. The number of carbonyl (C=O) groups is 1. The molecule has 2 heterocycles. The second-order valence-electron chi connectivity index (χ2n) is 8.01. The van der Waals surface area contributed by atoms with Gasteiger partial charge in [-0.15, -0.1) is 0 Å². The molecule has 1 N–H and O–H groups in total. The third kappa shape index (κ3) is 4.89. The van der Waals surface area contributed by atoms with Crippen molar-refractivity contribution in [2.24, 2.45) is 5.92 Å². The van der Waals surface area contributed by atoms with Gasteiger partial charge in [-0.2, -0.15) is 9.40 Å². The number of hydrogen-bond donors (Lipinski definition) is 1. The molecule has 3 aromatic rings. The number of carbonyl (C=O) groups excluding carboxylic acids is 1. The van der Waals surface area contributed by atoms with E-state index in [9.17, 15) is 17.6 Å². The summed E-state index contributed by atoms with van der Waals surface area (Å²) in [5.41, 5.74) is 2.23. The summed E-state index contributed by atoms with van der Waals surface area (Å²) in [5, 5.41) is 7.20. The van der Waals surface area contributed by atoms with Gasteiger partial charge in [0, 0.05) is 19.2 Å². The molecule has 1 aromatic heterocycles. The first kappa shape index (κ1) is 22.2. The molecule has 0 radical (unpaired) electrons. The summed E-state index contributed by atoms with van der Waals surface area (Å²) in [4.78, 5) is 13.0. The number of nitrogens with one attached hydrogen (secondary N) is 1. The van der Waals surface area contributed by atoms with Crippen molar-refractivity contribution in [3.8, 4) is 0 Å². The first-order valence-electron chi connectivity index (χ1n) is 10.5. The Balaban J connectivity index is 1.44. The lowest BCUT2D eigenvalue weighted by Gasteiger charge is -2.31. The highest BCUT2D eigenvalue weighted by Gasteiger charge is 2.33. The number of benzene rings is 2. The molecule has 1 aliphatic heterocycles. The van der Waals surface area contributed by atoms with Crippen LogP contribution in [0.3, 0.4) is 0 Å². The number of sulfonamides is 1. The maximum Gasteiger partial charge on any atom is 0.243 e. The lowest BCUT2D eigenvalue weighted by atomic mass is 9.99. The van der Waals surface area contributed by atoms with Gasteiger partial charge in [-0.1, -0.05) is 29.8 Å². The minimum absolute atomic E-state index is 0.0242. The molecule has 0 spiro atoms. The standard InChI is InChI=1S/C23H25FN4O3S/c1-17-4-6-18(7-5-17)15-28-22(12-13-25-28)26-23(29)19-3-2-14-27(16-19)32(30,31)21-10-8-20(24)9-11-21/h4-13,19H,2-3,14-16H2,1H3,(H,26,29). The van der Waals surface area contributed by atoms with Gasteiger partial charge in [0.1, 0.15) is 11.6 Å². The minimum atomic E-state index is -3.79. The number of anilines is 1. The number of rotatable bonds is 6. The number of aromatic nitrogens is 2. The molecule has 32 heavy (non-hydrogen) atoms. The summed E-state index contributed by atoms with van der Waals surface area (Å²) >= 11 is 0. The fourth-order valence-corrected chi connectivity index (χ4v) is 5.31. The molecule has 4 rings (SSSR count). The Bertz CT molecular complexity index is 1190. The van der Waals surface area contributed by atoms with Crippen LogP contribution in [0.2, 0.25) is 0 Å². The van der Waals surface area contributed by atoms with Crippen molar-refractivity contribution >= 4 is 21.7 Å². The number of piperidine rings is 1. The third-order valence-corrected chi connectivity index (χ3v) is 7.51. The quantitative estimate of drug-likeness (QED) is 0.616. The zero-order valence-corrected chi connectivity index (χ0v) is 18.6. The Hall–Kier alpha value is -3.04.